The average molecular weight is 428 g/mol. The van der Waals surface area contributed by atoms with Gasteiger partial charge in [0.1, 0.15) is 11.5 Å². The number of nitro benzene ring substituents is 1. The molecule has 29 heavy (non-hydrogen) atoms. The minimum absolute atomic E-state index is 0. The topological polar surface area (TPSA) is 93.9 Å². The summed E-state index contributed by atoms with van der Waals surface area (Å²) in [6.45, 7) is 0.278. The van der Waals surface area contributed by atoms with Gasteiger partial charge in [-0.05, 0) is 30.8 Å². The van der Waals surface area contributed by atoms with Crippen LogP contribution in [0.4, 0.5) is 14.9 Å². The zero-order valence-electron chi connectivity index (χ0n) is 16.3. The third-order valence-corrected chi connectivity index (χ3v) is 3.99. The van der Waals surface area contributed by atoms with E-state index in [0.717, 1.165) is 17.7 Å². The van der Waals surface area contributed by atoms with E-state index in [1.54, 1.807) is 33.3 Å². The molecule has 0 saturated carbocycles. The molecule has 0 aliphatic heterocycles. The smallest absolute Gasteiger partial charge is 0.414 e. The zero-order chi connectivity index (χ0) is 20.7. The summed E-state index contributed by atoms with van der Waals surface area (Å²) < 4.78 is 24.3. The van der Waals surface area contributed by atoms with Crippen molar-refractivity contribution in [3.05, 3.63) is 64.0 Å². The Labute approximate surface area is 174 Å². The van der Waals surface area contributed by atoms with Crippen LogP contribution in [0.15, 0.2) is 42.5 Å². The second kappa shape index (κ2) is 11.2. The van der Waals surface area contributed by atoms with Gasteiger partial charge < -0.3 is 19.7 Å². The number of nitrogens with zero attached hydrogens (tertiary/aromatic N) is 2. The van der Waals surface area contributed by atoms with Crippen LogP contribution in [0.5, 0.6) is 11.5 Å². The van der Waals surface area contributed by atoms with E-state index < -0.39 is 22.5 Å². The molecule has 1 unspecified atom stereocenters. The van der Waals surface area contributed by atoms with Crippen molar-refractivity contribution in [1.29, 1.82) is 0 Å². The Morgan fingerprint density at radius 1 is 1.21 bits per heavy atom. The molecule has 2 aromatic rings. The summed E-state index contributed by atoms with van der Waals surface area (Å²) in [7, 11) is 5.01. The van der Waals surface area contributed by atoms with Crippen molar-refractivity contribution < 1.29 is 23.6 Å². The summed E-state index contributed by atoms with van der Waals surface area (Å²) >= 11 is 0. The van der Waals surface area contributed by atoms with Crippen LogP contribution in [-0.2, 0) is 0 Å². The molecule has 0 aliphatic carbocycles. The van der Waals surface area contributed by atoms with Gasteiger partial charge in [0.2, 0.25) is 5.82 Å². The minimum Gasteiger partial charge on any atom is -0.493 e. The number of benzene rings is 2. The van der Waals surface area contributed by atoms with Gasteiger partial charge in [-0.25, -0.2) is 4.79 Å². The number of rotatable bonds is 8. The van der Waals surface area contributed by atoms with E-state index in [9.17, 15) is 19.3 Å². The van der Waals surface area contributed by atoms with Crippen molar-refractivity contribution in [2.24, 2.45) is 0 Å². The summed E-state index contributed by atoms with van der Waals surface area (Å²) in [5.41, 5.74) is 0.376. The SMILES string of the molecule is CNC(CCOc1ccc([N+](=O)[O-])c(F)c1)c1ccc(OC(=O)N(C)C)cc1.Cl. The molecule has 0 fully saturated rings. The molecule has 1 atom stereocenters. The lowest BCUT2D eigenvalue weighted by molar-refractivity contribution is -0.387. The van der Waals surface area contributed by atoms with Gasteiger partial charge in [0.15, 0.2) is 0 Å². The minimum atomic E-state index is -0.935. The lowest BCUT2D eigenvalue weighted by atomic mass is 10.0. The van der Waals surface area contributed by atoms with Crippen molar-refractivity contribution >= 4 is 24.2 Å². The molecule has 1 N–H and O–H groups in total. The fourth-order valence-electron chi connectivity index (χ4n) is 2.46. The predicted molar refractivity (Wildman–Crippen MR) is 108 cm³/mol. The first-order valence-corrected chi connectivity index (χ1v) is 8.55. The number of nitrogens with one attached hydrogen (secondary N) is 1. The highest BCUT2D eigenvalue weighted by molar-refractivity contribution is 5.85. The molecule has 0 aliphatic rings. The number of nitro groups is 1. The highest BCUT2D eigenvalue weighted by atomic mass is 35.5. The normalized spacial score (nSPS) is 11.2. The number of hydrogen-bond acceptors (Lipinski definition) is 6. The summed E-state index contributed by atoms with van der Waals surface area (Å²) in [5.74, 6) is -0.269. The van der Waals surface area contributed by atoms with Crippen LogP contribution in [0.2, 0.25) is 0 Å². The molecule has 8 nitrogen and oxygen atoms in total. The van der Waals surface area contributed by atoms with Crippen LogP contribution in [0.3, 0.4) is 0 Å². The molecule has 0 aromatic heterocycles. The van der Waals surface area contributed by atoms with Crippen LogP contribution < -0.4 is 14.8 Å². The molecular weight excluding hydrogens is 405 g/mol. The van der Waals surface area contributed by atoms with Gasteiger partial charge >= 0.3 is 11.8 Å². The second-order valence-corrected chi connectivity index (χ2v) is 6.18. The summed E-state index contributed by atoms with van der Waals surface area (Å²) in [6.07, 6.45) is 0.119. The molecule has 0 heterocycles. The molecule has 0 saturated heterocycles. The number of carbonyl (C=O) groups excluding carboxylic acids is 1. The second-order valence-electron chi connectivity index (χ2n) is 6.18. The molecule has 158 valence electrons. The predicted octanol–water partition coefficient (Wildman–Crippen LogP) is 3.95. The van der Waals surface area contributed by atoms with E-state index in [1.807, 2.05) is 12.1 Å². The number of amides is 1. The maximum Gasteiger partial charge on any atom is 0.414 e. The Bertz CT molecular complexity index is 833. The van der Waals surface area contributed by atoms with Crippen molar-refractivity contribution in [2.75, 3.05) is 27.7 Å². The van der Waals surface area contributed by atoms with E-state index in [4.69, 9.17) is 9.47 Å². The summed E-state index contributed by atoms with van der Waals surface area (Å²) in [5, 5.41) is 13.8. The third-order valence-electron chi connectivity index (χ3n) is 3.99. The van der Waals surface area contributed by atoms with Crippen LogP contribution in [0.1, 0.15) is 18.0 Å². The van der Waals surface area contributed by atoms with Gasteiger partial charge in [0.05, 0.1) is 11.5 Å². The van der Waals surface area contributed by atoms with E-state index in [1.165, 1.54) is 11.0 Å². The van der Waals surface area contributed by atoms with Gasteiger partial charge in [-0.15, -0.1) is 12.4 Å². The monoisotopic (exact) mass is 427 g/mol. The van der Waals surface area contributed by atoms with Crippen LogP contribution >= 0.6 is 12.4 Å². The lowest BCUT2D eigenvalue weighted by Gasteiger charge is -2.18. The van der Waals surface area contributed by atoms with Crippen molar-refractivity contribution in [3.63, 3.8) is 0 Å². The Morgan fingerprint density at radius 2 is 1.83 bits per heavy atom. The Balaban J connectivity index is 0.00000420. The maximum absolute atomic E-state index is 13.6. The van der Waals surface area contributed by atoms with Gasteiger partial charge in [-0.1, -0.05) is 12.1 Å². The zero-order valence-corrected chi connectivity index (χ0v) is 17.1. The van der Waals surface area contributed by atoms with Crippen LogP contribution in [0, 0.1) is 15.9 Å². The van der Waals surface area contributed by atoms with E-state index >= 15 is 0 Å². The Morgan fingerprint density at radius 3 is 2.34 bits per heavy atom. The van der Waals surface area contributed by atoms with Gasteiger partial charge in [0.25, 0.3) is 0 Å². The standard InChI is InChI=1S/C19H22FN3O5.ClH/c1-21-17(13-4-6-14(7-5-13)28-19(24)22(2)3)10-11-27-15-8-9-18(23(25)26)16(20)12-15;/h4-9,12,17,21H,10-11H2,1-3H3;1H. The van der Waals surface area contributed by atoms with E-state index in [-0.39, 0.29) is 30.8 Å². The molecule has 2 rings (SSSR count). The highest BCUT2D eigenvalue weighted by Gasteiger charge is 2.15. The van der Waals surface area contributed by atoms with Gasteiger partial charge in [-0.3, -0.25) is 10.1 Å². The third kappa shape index (κ3) is 6.88. The van der Waals surface area contributed by atoms with Crippen LogP contribution in [0.25, 0.3) is 0 Å². The summed E-state index contributed by atoms with van der Waals surface area (Å²) in [6, 6.07) is 10.5. The molecule has 0 bridgehead atoms. The number of ether oxygens (including phenoxy) is 2. The van der Waals surface area contributed by atoms with E-state index in [0.29, 0.717) is 12.2 Å². The largest absolute Gasteiger partial charge is 0.493 e. The summed E-state index contributed by atoms with van der Waals surface area (Å²) in [4.78, 5) is 22.7. The van der Waals surface area contributed by atoms with Crippen molar-refractivity contribution in [2.45, 2.75) is 12.5 Å². The van der Waals surface area contributed by atoms with E-state index in [2.05, 4.69) is 5.32 Å². The maximum atomic E-state index is 13.6. The van der Waals surface area contributed by atoms with Gasteiger partial charge in [-0.2, -0.15) is 4.39 Å². The number of hydrogen-bond donors (Lipinski definition) is 1. The van der Waals surface area contributed by atoms with Crippen molar-refractivity contribution in [3.8, 4) is 11.5 Å². The number of halogens is 2. The highest BCUT2D eigenvalue weighted by Crippen LogP contribution is 2.24. The number of carbonyl (C=O) groups is 1. The van der Waals surface area contributed by atoms with Crippen molar-refractivity contribution in [1.82, 2.24) is 10.2 Å². The lowest BCUT2D eigenvalue weighted by Crippen LogP contribution is -2.25. The quantitative estimate of drug-likeness (QED) is 0.506. The van der Waals surface area contributed by atoms with Crippen LogP contribution in [-0.4, -0.2) is 43.7 Å². The molecule has 10 heteroatoms. The molecule has 1 amide bonds. The first-order chi connectivity index (χ1) is 13.3. The fraction of sp³-hybridized carbons (Fsp3) is 0.316. The fourth-order valence-corrected chi connectivity index (χ4v) is 2.46. The first kappa shape index (κ1) is 24.1. The average Bonchev–Trinajstić information content (AvgIpc) is 2.65. The Hall–Kier alpha value is -2.91. The Kier molecular flexibility index (Phi) is 9.30. The van der Waals surface area contributed by atoms with Gasteiger partial charge in [0, 0.05) is 38.7 Å². The molecular formula is C19H23ClFN3O5. The molecule has 0 spiro atoms. The molecule has 2 aromatic carbocycles. The first-order valence-electron chi connectivity index (χ1n) is 8.55. The molecule has 0 radical (unpaired) electrons.